The fourth-order valence-corrected chi connectivity index (χ4v) is 2.84. The minimum atomic E-state index is -0.692. The fourth-order valence-electron chi connectivity index (χ4n) is 2.84. The second kappa shape index (κ2) is 6.46. The van der Waals surface area contributed by atoms with Gasteiger partial charge in [0.05, 0.1) is 19.0 Å². The molecule has 0 aliphatic heterocycles. The summed E-state index contributed by atoms with van der Waals surface area (Å²) in [5.74, 6) is -0.574. The molecular formula is C17H20N4O3. The third-order valence-corrected chi connectivity index (χ3v) is 4.25. The predicted octanol–water partition coefficient (Wildman–Crippen LogP) is 1.64. The van der Waals surface area contributed by atoms with Crippen molar-refractivity contribution in [2.75, 3.05) is 0 Å². The molecule has 0 radical (unpaired) electrons. The highest BCUT2D eigenvalue weighted by Gasteiger charge is 2.18. The van der Waals surface area contributed by atoms with E-state index >= 15 is 0 Å². The molecular weight excluding hydrogens is 308 g/mol. The number of primary amides is 1. The van der Waals surface area contributed by atoms with Gasteiger partial charge >= 0.3 is 0 Å². The number of amides is 1. The van der Waals surface area contributed by atoms with Crippen molar-refractivity contribution in [1.29, 1.82) is 0 Å². The SMILES string of the molecule is CC(CC(O)c1c[nH]c2ccc(CO)cc12)n1cnc(C(N)=O)c1. The number of nitrogens with zero attached hydrogens (tertiary/aromatic N) is 2. The first kappa shape index (κ1) is 16.2. The Morgan fingerprint density at radius 1 is 1.46 bits per heavy atom. The average Bonchev–Trinajstić information content (AvgIpc) is 3.21. The van der Waals surface area contributed by atoms with Gasteiger partial charge in [0.25, 0.3) is 5.91 Å². The van der Waals surface area contributed by atoms with Gasteiger partial charge in [-0.15, -0.1) is 0 Å². The number of imidazole rings is 1. The summed E-state index contributed by atoms with van der Waals surface area (Å²) in [6, 6.07) is 5.54. The van der Waals surface area contributed by atoms with Crippen molar-refractivity contribution in [1.82, 2.24) is 14.5 Å². The standard InChI is InChI=1S/C17H20N4O3/c1-10(21-7-15(17(18)24)20-9-21)4-16(23)13-6-19-14-3-2-11(8-22)5-12(13)14/h2-3,5-7,9-10,16,19,22-23H,4,8H2,1H3,(H2,18,24). The molecule has 0 spiro atoms. The molecule has 1 aromatic carbocycles. The highest BCUT2D eigenvalue weighted by atomic mass is 16.3. The Morgan fingerprint density at radius 2 is 2.25 bits per heavy atom. The number of H-pyrrole nitrogens is 1. The quantitative estimate of drug-likeness (QED) is 0.550. The van der Waals surface area contributed by atoms with E-state index in [1.807, 2.05) is 25.1 Å². The van der Waals surface area contributed by atoms with E-state index < -0.39 is 12.0 Å². The summed E-state index contributed by atoms with van der Waals surface area (Å²) >= 11 is 0. The van der Waals surface area contributed by atoms with E-state index in [0.717, 1.165) is 22.0 Å². The van der Waals surface area contributed by atoms with E-state index in [-0.39, 0.29) is 18.3 Å². The Hall–Kier alpha value is -2.64. The lowest BCUT2D eigenvalue weighted by Crippen LogP contribution is -2.12. The lowest BCUT2D eigenvalue weighted by Gasteiger charge is -2.17. The number of rotatable bonds is 6. The number of benzene rings is 1. The molecule has 24 heavy (non-hydrogen) atoms. The van der Waals surface area contributed by atoms with Crippen LogP contribution < -0.4 is 5.73 Å². The van der Waals surface area contributed by atoms with Gasteiger partial charge < -0.3 is 25.5 Å². The van der Waals surface area contributed by atoms with E-state index in [0.29, 0.717) is 6.42 Å². The first-order valence-corrected chi connectivity index (χ1v) is 7.71. The third-order valence-electron chi connectivity index (χ3n) is 4.25. The van der Waals surface area contributed by atoms with Crippen LogP contribution in [-0.4, -0.2) is 30.7 Å². The van der Waals surface area contributed by atoms with Gasteiger partial charge in [-0.1, -0.05) is 6.07 Å². The highest BCUT2D eigenvalue weighted by molar-refractivity contribution is 5.90. The van der Waals surface area contributed by atoms with Crippen molar-refractivity contribution in [3.63, 3.8) is 0 Å². The van der Waals surface area contributed by atoms with Crippen LogP contribution in [-0.2, 0) is 6.61 Å². The Kier molecular flexibility index (Phi) is 4.37. The number of hydrogen-bond donors (Lipinski definition) is 4. The largest absolute Gasteiger partial charge is 0.392 e. The van der Waals surface area contributed by atoms with Crippen LogP contribution in [0.3, 0.4) is 0 Å². The molecule has 2 heterocycles. The monoisotopic (exact) mass is 328 g/mol. The number of aromatic amines is 1. The lowest BCUT2D eigenvalue weighted by atomic mass is 10.0. The van der Waals surface area contributed by atoms with E-state index in [2.05, 4.69) is 9.97 Å². The van der Waals surface area contributed by atoms with Crippen molar-refractivity contribution >= 4 is 16.8 Å². The molecule has 2 unspecified atom stereocenters. The van der Waals surface area contributed by atoms with Gasteiger partial charge in [0, 0.05) is 34.9 Å². The topological polar surface area (TPSA) is 117 Å². The summed E-state index contributed by atoms with van der Waals surface area (Å²) in [6.45, 7) is 1.89. The van der Waals surface area contributed by atoms with Crippen molar-refractivity contribution in [2.45, 2.75) is 32.1 Å². The van der Waals surface area contributed by atoms with Crippen LogP contribution in [0.4, 0.5) is 0 Å². The zero-order valence-electron chi connectivity index (χ0n) is 13.3. The number of aliphatic hydroxyl groups excluding tert-OH is 2. The maximum absolute atomic E-state index is 11.1. The molecule has 0 saturated heterocycles. The average molecular weight is 328 g/mol. The Balaban J connectivity index is 1.81. The van der Waals surface area contributed by atoms with Gasteiger partial charge in [-0.2, -0.15) is 0 Å². The first-order chi connectivity index (χ1) is 11.5. The fraction of sp³-hybridized carbons (Fsp3) is 0.294. The summed E-state index contributed by atoms with van der Waals surface area (Å²) in [5.41, 5.74) is 7.90. The zero-order valence-corrected chi connectivity index (χ0v) is 13.3. The van der Waals surface area contributed by atoms with Crippen molar-refractivity contribution in [2.24, 2.45) is 5.73 Å². The molecule has 0 saturated carbocycles. The number of carbonyl (C=O) groups excluding carboxylic acids is 1. The summed E-state index contributed by atoms with van der Waals surface area (Å²) in [4.78, 5) is 18.2. The highest BCUT2D eigenvalue weighted by Crippen LogP contribution is 2.30. The number of hydrogen-bond acceptors (Lipinski definition) is 4. The van der Waals surface area contributed by atoms with Gasteiger partial charge in [-0.3, -0.25) is 4.79 Å². The van der Waals surface area contributed by atoms with Gasteiger partial charge in [0.2, 0.25) is 0 Å². The first-order valence-electron chi connectivity index (χ1n) is 7.71. The number of fused-ring (bicyclic) bond motifs is 1. The summed E-state index contributed by atoms with van der Waals surface area (Å²) in [5, 5.41) is 20.8. The zero-order chi connectivity index (χ0) is 17.3. The molecule has 5 N–H and O–H groups in total. The molecule has 2 aromatic heterocycles. The molecule has 0 bridgehead atoms. The number of carbonyl (C=O) groups is 1. The van der Waals surface area contributed by atoms with Crippen LogP contribution in [0.25, 0.3) is 10.9 Å². The van der Waals surface area contributed by atoms with Gasteiger partial charge in [0.15, 0.2) is 0 Å². The van der Waals surface area contributed by atoms with Crippen LogP contribution in [0, 0.1) is 0 Å². The Bertz CT molecular complexity index is 868. The minimum absolute atomic E-state index is 0.0437. The van der Waals surface area contributed by atoms with Crippen LogP contribution in [0.2, 0.25) is 0 Å². The molecule has 0 aliphatic rings. The number of nitrogens with one attached hydrogen (secondary N) is 1. The van der Waals surface area contributed by atoms with Gasteiger partial charge in [-0.05, 0) is 31.0 Å². The maximum Gasteiger partial charge on any atom is 0.268 e. The van der Waals surface area contributed by atoms with E-state index in [9.17, 15) is 15.0 Å². The normalized spacial score (nSPS) is 14.0. The van der Waals surface area contributed by atoms with Gasteiger partial charge in [-0.25, -0.2) is 4.98 Å². The number of nitrogens with two attached hydrogens (primary N) is 1. The Labute approximate surface area is 138 Å². The molecule has 0 aliphatic carbocycles. The van der Waals surface area contributed by atoms with Crippen LogP contribution in [0.1, 0.15) is 47.1 Å². The summed E-state index contributed by atoms with van der Waals surface area (Å²) < 4.78 is 1.76. The predicted molar refractivity (Wildman–Crippen MR) is 89.3 cm³/mol. The summed E-state index contributed by atoms with van der Waals surface area (Å²) in [6.07, 6.45) is 4.66. The van der Waals surface area contributed by atoms with Crippen LogP contribution in [0.15, 0.2) is 36.9 Å². The van der Waals surface area contributed by atoms with E-state index in [4.69, 9.17) is 5.73 Å². The smallest absolute Gasteiger partial charge is 0.268 e. The molecule has 126 valence electrons. The van der Waals surface area contributed by atoms with Crippen molar-refractivity contribution in [3.05, 3.63) is 53.7 Å². The number of aromatic nitrogens is 3. The molecule has 2 atom stereocenters. The van der Waals surface area contributed by atoms with Crippen LogP contribution >= 0.6 is 0 Å². The van der Waals surface area contributed by atoms with Gasteiger partial charge in [0.1, 0.15) is 5.69 Å². The third kappa shape index (κ3) is 3.04. The van der Waals surface area contributed by atoms with E-state index in [1.165, 1.54) is 6.33 Å². The molecule has 3 rings (SSSR count). The second-order valence-corrected chi connectivity index (χ2v) is 5.95. The van der Waals surface area contributed by atoms with Crippen molar-refractivity contribution < 1.29 is 15.0 Å². The minimum Gasteiger partial charge on any atom is -0.392 e. The molecule has 3 aromatic rings. The molecule has 1 amide bonds. The molecule has 7 nitrogen and oxygen atoms in total. The summed E-state index contributed by atoms with van der Waals surface area (Å²) in [7, 11) is 0. The Morgan fingerprint density at radius 3 is 2.92 bits per heavy atom. The second-order valence-electron chi connectivity index (χ2n) is 5.95. The van der Waals surface area contributed by atoms with Crippen LogP contribution in [0.5, 0.6) is 0 Å². The molecule has 0 fully saturated rings. The van der Waals surface area contributed by atoms with E-state index in [1.54, 1.807) is 17.0 Å². The number of aliphatic hydroxyl groups is 2. The molecule has 7 heteroatoms. The maximum atomic E-state index is 11.1. The lowest BCUT2D eigenvalue weighted by molar-refractivity contribution is 0.0996. The van der Waals surface area contributed by atoms with Crippen molar-refractivity contribution in [3.8, 4) is 0 Å².